The molecular weight excluding hydrogens is 214 g/mol. The molecule has 0 radical (unpaired) electrons. The van der Waals surface area contributed by atoms with E-state index in [0.717, 1.165) is 25.3 Å². The van der Waals surface area contributed by atoms with Crippen LogP contribution in [0.3, 0.4) is 0 Å². The molecule has 0 saturated carbocycles. The second-order valence-electron chi connectivity index (χ2n) is 3.62. The Morgan fingerprint density at radius 3 is 3.12 bits per heavy atom. The zero-order chi connectivity index (χ0) is 11.9. The molecule has 17 heavy (non-hydrogen) atoms. The van der Waals surface area contributed by atoms with Crippen LogP contribution >= 0.6 is 0 Å². The van der Waals surface area contributed by atoms with Crippen molar-refractivity contribution in [2.75, 3.05) is 11.9 Å². The van der Waals surface area contributed by atoms with Gasteiger partial charge < -0.3 is 9.88 Å². The Balaban J connectivity index is 1.76. The number of pyridine rings is 1. The van der Waals surface area contributed by atoms with Crippen LogP contribution in [0.2, 0.25) is 0 Å². The van der Waals surface area contributed by atoms with E-state index < -0.39 is 0 Å². The van der Waals surface area contributed by atoms with Crippen LogP contribution in [0.15, 0.2) is 37.1 Å². The molecule has 1 N–H and O–H groups in total. The van der Waals surface area contributed by atoms with Crippen LogP contribution < -0.4 is 5.32 Å². The van der Waals surface area contributed by atoms with E-state index in [1.165, 1.54) is 0 Å². The lowest BCUT2D eigenvalue weighted by Gasteiger charge is -2.05. The molecule has 2 heterocycles. The van der Waals surface area contributed by atoms with Gasteiger partial charge in [0.1, 0.15) is 5.82 Å². The highest BCUT2D eigenvalue weighted by molar-refractivity contribution is 5.42. The van der Waals surface area contributed by atoms with Crippen LogP contribution in [0.25, 0.3) is 0 Å². The van der Waals surface area contributed by atoms with Crippen molar-refractivity contribution in [1.82, 2.24) is 14.5 Å². The maximum atomic E-state index is 8.74. The first-order valence-corrected chi connectivity index (χ1v) is 5.44. The predicted octanol–water partition coefficient (Wildman–Crippen LogP) is 1.65. The molecule has 0 unspecified atom stereocenters. The van der Waals surface area contributed by atoms with Crippen LogP contribution in [0, 0.1) is 11.3 Å². The van der Waals surface area contributed by atoms with Crippen LogP contribution in [0.4, 0.5) is 5.82 Å². The third kappa shape index (κ3) is 3.31. The maximum Gasteiger partial charge on any atom is 0.127 e. The fourth-order valence-corrected chi connectivity index (χ4v) is 1.49. The number of hydrogen-bond acceptors (Lipinski definition) is 4. The molecule has 0 atom stereocenters. The van der Waals surface area contributed by atoms with E-state index >= 15 is 0 Å². The molecule has 2 aromatic heterocycles. The van der Waals surface area contributed by atoms with E-state index in [0.29, 0.717) is 5.56 Å². The van der Waals surface area contributed by atoms with Gasteiger partial charge in [0.25, 0.3) is 0 Å². The molecule has 0 aliphatic rings. The van der Waals surface area contributed by atoms with E-state index in [4.69, 9.17) is 5.26 Å². The summed E-state index contributed by atoms with van der Waals surface area (Å²) in [5.74, 6) is 0.745. The first kappa shape index (κ1) is 11.1. The van der Waals surface area contributed by atoms with Crippen LogP contribution in [0.5, 0.6) is 0 Å². The lowest BCUT2D eigenvalue weighted by atomic mass is 10.3. The van der Waals surface area contributed by atoms with Gasteiger partial charge in [-0.05, 0) is 18.6 Å². The van der Waals surface area contributed by atoms with Gasteiger partial charge in [0, 0.05) is 31.7 Å². The SMILES string of the molecule is N#Cc1ccnc(NCCCn2ccnc2)c1. The highest BCUT2D eigenvalue weighted by atomic mass is 15.0. The van der Waals surface area contributed by atoms with E-state index in [-0.39, 0.29) is 0 Å². The number of nitrogens with zero attached hydrogens (tertiary/aromatic N) is 4. The molecule has 0 spiro atoms. The molecule has 0 aromatic carbocycles. The number of imidazole rings is 1. The molecule has 0 amide bonds. The van der Waals surface area contributed by atoms with Crippen molar-refractivity contribution in [2.45, 2.75) is 13.0 Å². The van der Waals surface area contributed by atoms with Gasteiger partial charge in [0.15, 0.2) is 0 Å². The van der Waals surface area contributed by atoms with Gasteiger partial charge in [-0.15, -0.1) is 0 Å². The first-order chi connectivity index (χ1) is 8.38. The van der Waals surface area contributed by atoms with Crippen molar-refractivity contribution in [3.8, 4) is 6.07 Å². The topological polar surface area (TPSA) is 66.5 Å². The van der Waals surface area contributed by atoms with Gasteiger partial charge >= 0.3 is 0 Å². The third-order valence-electron chi connectivity index (χ3n) is 2.35. The van der Waals surface area contributed by atoms with E-state index in [9.17, 15) is 0 Å². The molecule has 0 aliphatic heterocycles. The molecule has 2 aromatic rings. The standard InChI is InChI=1S/C12H13N5/c13-9-11-2-4-16-12(8-11)15-3-1-6-17-7-5-14-10-17/h2,4-5,7-8,10H,1,3,6H2,(H,15,16). The minimum absolute atomic E-state index is 0.622. The Bertz CT molecular complexity index is 498. The average Bonchev–Trinajstić information content (AvgIpc) is 2.88. The van der Waals surface area contributed by atoms with Crippen LogP contribution in [-0.4, -0.2) is 21.1 Å². The number of rotatable bonds is 5. The van der Waals surface area contributed by atoms with Crippen molar-refractivity contribution in [3.63, 3.8) is 0 Å². The van der Waals surface area contributed by atoms with E-state index in [2.05, 4.69) is 21.4 Å². The van der Waals surface area contributed by atoms with Gasteiger partial charge in [-0.3, -0.25) is 0 Å². The molecular formula is C12H13N5. The molecule has 0 bridgehead atoms. The Kier molecular flexibility index (Phi) is 3.71. The van der Waals surface area contributed by atoms with Gasteiger partial charge in [-0.25, -0.2) is 9.97 Å². The molecule has 2 rings (SSSR count). The fraction of sp³-hybridized carbons (Fsp3) is 0.250. The summed E-state index contributed by atoms with van der Waals surface area (Å²) in [4.78, 5) is 8.12. The highest BCUT2D eigenvalue weighted by Gasteiger charge is 1.96. The number of anilines is 1. The summed E-state index contributed by atoms with van der Waals surface area (Å²) in [6.45, 7) is 1.74. The monoisotopic (exact) mass is 227 g/mol. The second kappa shape index (κ2) is 5.66. The van der Waals surface area contributed by atoms with Gasteiger partial charge in [0.05, 0.1) is 18.0 Å². The van der Waals surface area contributed by atoms with Crippen LogP contribution in [-0.2, 0) is 6.54 Å². The summed E-state index contributed by atoms with van der Waals surface area (Å²) in [6, 6.07) is 5.53. The Morgan fingerprint density at radius 1 is 1.41 bits per heavy atom. The number of hydrogen-bond donors (Lipinski definition) is 1. The van der Waals surface area contributed by atoms with Crippen molar-refractivity contribution in [3.05, 3.63) is 42.6 Å². The van der Waals surface area contributed by atoms with Gasteiger partial charge in [-0.1, -0.05) is 0 Å². The normalized spacial score (nSPS) is 9.82. The van der Waals surface area contributed by atoms with E-state index in [1.54, 1.807) is 30.9 Å². The third-order valence-corrected chi connectivity index (χ3v) is 2.35. The zero-order valence-corrected chi connectivity index (χ0v) is 9.37. The summed E-state index contributed by atoms with van der Waals surface area (Å²) in [7, 11) is 0. The highest BCUT2D eigenvalue weighted by Crippen LogP contribution is 2.05. The second-order valence-corrected chi connectivity index (χ2v) is 3.62. The summed E-state index contributed by atoms with van der Waals surface area (Å²) < 4.78 is 2.03. The lowest BCUT2D eigenvalue weighted by molar-refractivity contribution is 0.660. The molecule has 0 fully saturated rings. The lowest BCUT2D eigenvalue weighted by Crippen LogP contribution is -2.06. The smallest absolute Gasteiger partial charge is 0.127 e. The Labute approximate surface area is 99.7 Å². The molecule has 0 saturated heterocycles. The number of nitriles is 1. The molecule has 5 nitrogen and oxygen atoms in total. The quantitative estimate of drug-likeness (QED) is 0.789. The minimum Gasteiger partial charge on any atom is -0.370 e. The number of aromatic nitrogens is 3. The summed E-state index contributed by atoms with van der Waals surface area (Å²) in [6.07, 6.45) is 8.13. The summed E-state index contributed by atoms with van der Waals surface area (Å²) in [5, 5.41) is 11.9. The predicted molar refractivity (Wildman–Crippen MR) is 64.3 cm³/mol. The van der Waals surface area contributed by atoms with Crippen LogP contribution in [0.1, 0.15) is 12.0 Å². The first-order valence-electron chi connectivity index (χ1n) is 5.44. The van der Waals surface area contributed by atoms with Crippen molar-refractivity contribution in [1.29, 1.82) is 5.26 Å². The zero-order valence-electron chi connectivity index (χ0n) is 9.37. The Hall–Kier alpha value is -2.35. The largest absolute Gasteiger partial charge is 0.370 e. The number of nitrogens with one attached hydrogen (secondary N) is 1. The molecule has 86 valence electrons. The van der Waals surface area contributed by atoms with Gasteiger partial charge in [-0.2, -0.15) is 5.26 Å². The maximum absolute atomic E-state index is 8.74. The van der Waals surface area contributed by atoms with E-state index in [1.807, 2.05) is 10.8 Å². The number of aryl methyl sites for hydroxylation is 1. The minimum atomic E-state index is 0.622. The summed E-state index contributed by atoms with van der Waals surface area (Å²) >= 11 is 0. The van der Waals surface area contributed by atoms with Gasteiger partial charge in [0.2, 0.25) is 0 Å². The fourth-order valence-electron chi connectivity index (χ4n) is 1.49. The average molecular weight is 227 g/mol. The Morgan fingerprint density at radius 2 is 2.35 bits per heavy atom. The summed E-state index contributed by atoms with van der Waals surface area (Å²) in [5.41, 5.74) is 0.622. The molecule has 5 heteroatoms. The molecule has 0 aliphatic carbocycles. The van der Waals surface area contributed by atoms with Crippen molar-refractivity contribution in [2.24, 2.45) is 0 Å². The van der Waals surface area contributed by atoms with Crippen molar-refractivity contribution < 1.29 is 0 Å². The van der Waals surface area contributed by atoms with Crippen molar-refractivity contribution >= 4 is 5.82 Å².